The normalized spacial score (nSPS) is 13.4. The lowest BCUT2D eigenvalue weighted by atomic mass is 10.1. The molecule has 0 aliphatic carbocycles. The monoisotopic (exact) mass is 391 g/mol. The molecule has 0 aliphatic heterocycles. The highest BCUT2D eigenvalue weighted by atomic mass is 32.2. The first-order chi connectivity index (χ1) is 13.6. The fourth-order valence-electron chi connectivity index (χ4n) is 3.11. The van der Waals surface area contributed by atoms with Crippen LogP contribution < -0.4 is 0 Å². The van der Waals surface area contributed by atoms with Gasteiger partial charge in [0.05, 0.1) is 27.8 Å². The first-order valence-electron chi connectivity index (χ1n) is 8.83. The van der Waals surface area contributed by atoms with Crippen molar-refractivity contribution in [1.29, 1.82) is 0 Å². The molecule has 1 atom stereocenters. The molecule has 1 heterocycles. The van der Waals surface area contributed by atoms with Crippen LogP contribution >= 0.6 is 0 Å². The lowest BCUT2D eigenvalue weighted by Crippen LogP contribution is -2.09. The van der Waals surface area contributed by atoms with Crippen LogP contribution in [0.1, 0.15) is 12.5 Å². The topological polar surface area (TPSA) is 47.8 Å². The molecule has 0 N–H and O–H groups in total. The molecule has 0 aliphatic rings. The van der Waals surface area contributed by atoms with Crippen molar-refractivity contribution < 1.29 is 8.60 Å². The molecule has 0 saturated heterocycles. The minimum Gasteiger partial charge on any atom is -0.254 e. The summed E-state index contributed by atoms with van der Waals surface area (Å²) in [6, 6.07) is 23.2. The molecule has 0 bridgehead atoms. The summed E-state index contributed by atoms with van der Waals surface area (Å²) in [6.45, 7) is 1.93. The second kappa shape index (κ2) is 7.86. The molecule has 0 saturated carbocycles. The Hall–Kier alpha value is -3.12. The van der Waals surface area contributed by atoms with Crippen LogP contribution in [0.25, 0.3) is 16.7 Å². The number of nitrogens with zero attached hydrogens (tertiary/aromatic N) is 3. The van der Waals surface area contributed by atoms with Crippen molar-refractivity contribution in [2.24, 2.45) is 0 Å². The molecule has 1 aromatic heterocycles. The zero-order chi connectivity index (χ0) is 19.5. The molecule has 0 fully saturated rings. The molecule has 0 amide bonds. The number of fused-ring (bicyclic) bond motifs is 1. The summed E-state index contributed by atoms with van der Waals surface area (Å²) in [4.78, 5) is 0.767. The molecule has 1 unspecified atom stereocenters. The minimum atomic E-state index is -1.20. The Kier molecular flexibility index (Phi) is 5.12. The van der Waals surface area contributed by atoms with Gasteiger partial charge in [-0.25, -0.2) is 9.07 Å². The Balaban J connectivity index is 1.83. The van der Waals surface area contributed by atoms with Gasteiger partial charge in [0, 0.05) is 10.5 Å². The van der Waals surface area contributed by atoms with Gasteiger partial charge in [0.1, 0.15) is 11.3 Å². The third-order valence-corrected chi connectivity index (χ3v) is 5.93. The average Bonchev–Trinajstić information content (AvgIpc) is 3.14. The Bertz CT molecular complexity index is 1170. The van der Waals surface area contributed by atoms with Crippen LogP contribution in [-0.4, -0.2) is 25.0 Å². The molecule has 140 valence electrons. The van der Waals surface area contributed by atoms with Crippen molar-refractivity contribution in [2.45, 2.75) is 11.8 Å². The van der Waals surface area contributed by atoms with Gasteiger partial charge >= 0.3 is 0 Å². The standard InChI is InChI=1S/C22H18FN3OS/c1-16(15-28(27)19-7-3-2-4-8-19)22(17-11-13-18(23)14-12-17)26-21-10-6-5-9-20(21)24-25-26/h2-14H,15H2,1H3/b22-16-. The van der Waals surface area contributed by atoms with Crippen LogP contribution in [0.3, 0.4) is 0 Å². The molecule has 4 aromatic rings. The van der Waals surface area contributed by atoms with Gasteiger partial charge in [0.2, 0.25) is 0 Å². The van der Waals surface area contributed by atoms with Crippen molar-refractivity contribution in [1.82, 2.24) is 15.0 Å². The lowest BCUT2D eigenvalue weighted by Gasteiger charge is -2.14. The maximum atomic E-state index is 13.5. The van der Waals surface area contributed by atoms with E-state index in [-0.39, 0.29) is 5.82 Å². The van der Waals surface area contributed by atoms with Gasteiger partial charge < -0.3 is 0 Å². The van der Waals surface area contributed by atoms with Gasteiger partial charge in [-0.15, -0.1) is 5.10 Å². The summed E-state index contributed by atoms with van der Waals surface area (Å²) >= 11 is 0. The van der Waals surface area contributed by atoms with Crippen molar-refractivity contribution in [2.75, 3.05) is 5.75 Å². The summed E-state index contributed by atoms with van der Waals surface area (Å²) in [6.07, 6.45) is 0. The van der Waals surface area contributed by atoms with Crippen molar-refractivity contribution in [3.63, 3.8) is 0 Å². The zero-order valence-electron chi connectivity index (χ0n) is 15.2. The molecule has 4 nitrogen and oxygen atoms in total. The predicted molar refractivity (Wildman–Crippen MR) is 110 cm³/mol. The average molecular weight is 391 g/mol. The van der Waals surface area contributed by atoms with Crippen LogP contribution in [0.5, 0.6) is 0 Å². The van der Waals surface area contributed by atoms with Crippen molar-refractivity contribution in [3.8, 4) is 0 Å². The number of benzene rings is 3. The highest BCUT2D eigenvalue weighted by molar-refractivity contribution is 7.85. The molecule has 0 radical (unpaired) electrons. The van der Waals surface area contributed by atoms with E-state index >= 15 is 0 Å². The Morgan fingerprint density at radius 3 is 2.39 bits per heavy atom. The van der Waals surface area contributed by atoms with Gasteiger partial charge in [0.25, 0.3) is 0 Å². The molecule has 0 spiro atoms. The summed E-state index contributed by atoms with van der Waals surface area (Å²) in [5, 5.41) is 8.54. The second-order valence-electron chi connectivity index (χ2n) is 6.43. The van der Waals surface area contributed by atoms with Crippen molar-refractivity contribution in [3.05, 3.63) is 95.8 Å². The van der Waals surface area contributed by atoms with Crippen LogP contribution in [0.15, 0.2) is 89.3 Å². The van der Waals surface area contributed by atoms with E-state index in [1.807, 2.05) is 61.5 Å². The Morgan fingerprint density at radius 1 is 0.964 bits per heavy atom. The third kappa shape index (κ3) is 3.64. The maximum Gasteiger partial charge on any atom is 0.123 e. The van der Waals surface area contributed by atoms with Crippen molar-refractivity contribution >= 4 is 27.5 Å². The van der Waals surface area contributed by atoms with E-state index in [0.29, 0.717) is 5.75 Å². The van der Waals surface area contributed by atoms with Gasteiger partial charge in [-0.3, -0.25) is 4.21 Å². The lowest BCUT2D eigenvalue weighted by molar-refractivity contribution is 0.627. The van der Waals surface area contributed by atoms with Crippen LogP contribution in [0.4, 0.5) is 4.39 Å². The number of para-hydroxylation sites is 1. The Morgan fingerprint density at radius 2 is 1.64 bits per heavy atom. The van der Waals surface area contributed by atoms with E-state index < -0.39 is 10.8 Å². The number of rotatable bonds is 5. The van der Waals surface area contributed by atoms with E-state index in [1.54, 1.807) is 16.8 Å². The SMILES string of the molecule is C/C(CS(=O)c1ccccc1)=C(\c1ccc(F)cc1)n1nnc2ccccc21. The van der Waals surface area contributed by atoms with Gasteiger partial charge in [-0.1, -0.05) is 35.5 Å². The van der Waals surface area contributed by atoms with E-state index in [4.69, 9.17) is 0 Å². The van der Waals surface area contributed by atoms with Gasteiger partial charge in [-0.05, 0) is 61.0 Å². The minimum absolute atomic E-state index is 0.308. The number of hydrogen-bond acceptors (Lipinski definition) is 3. The summed E-state index contributed by atoms with van der Waals surface area (Å²) in [5.41, 5.74) is 4.04. The summed E-state index contributed by atoms with van der Waals surface area (Å²) in [7, 11) is -1.20. The fraction of sp³-hybridized carbons (Fsp3) is 0.0909. The number of halogens is 1. The zero-order valence-corrected chi connectivity index (χ0v) is 16.1. The van der Waals surface area contributed by atoms with Gasteiger partial charge in [-0.2, -0.15) is 0 Å². The molecule has 6 heteroatoms. The van der Waals surface area contributed by atoms with E-state index in [1.165, 1.54) is 12.1 Å². The second-order valence-corrected chi connectivity index (χ2v) is 7.88. The fourth-order valence-corrected chi connectivity index (χ4v) is 4.27. The Labute approximate surface area is 164 Å². The molecule has 3 aromatic carbocycles. The largest absolute Gasteiger partial charge is 0.254 e. The first kappa shape index (κ1) is 18.3. The molecular formula is C22H18FN3OS. The summed E-state index contributed by atoms with van der Waals surface area (Å²) in [5.74, 6) is 0.0299. The first-order valence-corrected chi connectivity index (χ1v) is 10.2. The smallest absolute Gasteiger partial charge is 0.123 e. The molecular weight excluding hydrogens is 373 g/mol. The van der Waals surface area contributed by atoms with Crippen LogP contribution in [0.2, 0.25) is 0 Å². The maximum absolute atomic E-state index is 13.5. The van der Waals surface area contributed by atoms with E-state index in [9.17, 15) is 8.60 Å². The van der Waals surface area contributed by atoms with E-state index in [2.05, 4.69) is 10.3 Å². The molecule has 4 rings (SSSR count). The van der Waals surface area contributed by atoms with Crippen LogP contribution in [0, 0.1) is 5.82 Å². The quantitative estimate of drug-likeness (QED) is 0.497. The third-order valence-electron chi connectivity index (χ3n) is 4.44. The molecule has 28 heavy (non-hydrogen) atoms. The van der Waals surface area contributed by atoms with E-state index in [0.717, 1.165) is 32.8 Å². The number of hydrogen-bond donors (Lipinski definition) is 0. The highest BCUT2D eigenvalue weighted by Gasteiger charge is 2.16. The summed E-state index contributed by atoms with van der Waals surface area (Å²) < 4.78 is 28.1. The predicted octanol–water partition coefficient (Wildman–Crippen LogP) is 4.66. The van der Waals surface area contributed by atoms with Crippen LogP contribution in [-0.2, 0) is 10.8 Å². The highest BCUT2D eigenvalue weighted by Crippen LogP contribution is 2.26. The number of aromatic nitrogens is 3. The van der Waals surface area contributed by atoms with Gasteiger partial charge in [0.15, 0.2) is 0 Å².